The molecule has 4 rings (SSSR count). The summed E-state index contributed by atoms with van der Waals surface area (Å²) in [6.07, 6.45) is 0.581. The van der Waals surface area contributed by atoms with Gasteiger partial charge in [0.2, 0.25) is 5.95 Å². The summed E-state index contributed by atoms with van der Waals surface area (Å²) in [5.74, 6) is 0.491. The monoisotopic (exact) mass is 422 g/mol. The van der Waals surface area contributed by atoms with Crippen molar-refractivity contribution in [3.05, 3.63) is 74.2 Å². The van der Waals surface area contributed by atoms with E-state index in [4.69, 9.17) is 4.74 Å². The summed E-state index contributed by atoms with van der Waals surface area (Å²) in [6.45, 7) is 4.92. The van der Waals surface area contributed by atoms with Crippen LogP contribution in [-0.4, -0.2) is 42.2 Å². The van der Waals surface area contributed by atoms with E-state index in [1.54, 1.807) is 23.4 Å². The first-order valence-electron chi connectivity index (χ1n) is 10.2. The van der Waals surface area contributed by atoms with E-state index < -0.39 is 0 Å². The Balaban J connectivity index is 1.91. The lowest BCUT2D eigenvalue weighted by molar-refractivity contribution is 0.188. The molecule has 0 saturated carbocycles. The summed E-state index contributed by atoms with van der Waals surface area (Å²) in [4.78, 5) is 31.1. The van der Waals surface area contributed by atoms with Gasteiger partial charge in [-0.15, -0.1) is 0 Å². The fourth-order valence-corrected chi connectivity index (χ4v) is 3.83. The third-order valence-corrected chi connectivity index (χ3v) is 5.40. The predicted molar refractivity (Wildman–Crippen MR) is 118 cm³/mol. The molecular formula is C22H26N6O3. The van der Waals surface area contributed by atoms with Crippen molar-refractivity contribution in [2.45, 2.75) is 33.4 Å². The van der Waals surface area contributed by atoms with E-state index in [1.807, 2.05) is 50.2 Å². The second kappa shape index (κ2) is 8.35. The molecule has 9 nitrogen and oxygen atoms in total. The van der Waals surface area contributed by atoms with Gasteiger partial charge in [-0.2, -0.15) is 10.1 Å². The highest BCUT2D eigenvalue weighted by Crippen LogP contribution is 2.17. The van der Waals surface area contributed by atoms with E-state index in [9.17, 15) is 9.59 Å². The highest BCUT2D eigenvalue weighted by Gasteiger charge is 2.22. The maximum atomic E-state index is 13.5. The van der Waals surface area contributed by atoms with Gasteiger partial charge in [-0.1, -0.05) is 30.3 Å². The van der Waals surface area contributed by atoms with Gasteiger partial charge >= 0.3 is 5.69 Å². The topological polar surface area (TPSA) is 88.9 Å². The fourth-order valence-electron chi connectivity index (χ4n) is 3.83. The molecule has 0 saturated heterocycles. The van der Waals surface area contributed by atoms with Crippen LogP contribution in [0.4, 0.5) is 0 Å². The Hall–Kier alpha value is -3.46. The second-order valence-corrected chi connectivity index (χ2v) is 7.60. The van der Waals surface area contributed by atoms with Gasteiger partial charge in [0.15, 0.2) is 11.2 Å². The van der Waals surface area contributed by atoms with Gasteiger partial charge in [0.05, 0.1) is 12.3 Å². The van der Waals surface area contributed by atoms with Gasteiger partial charge in [0, 0.05) is 32.9 Å². The van der Waals surface area contributed by atoms with Crippen molar-refractivity contribution >= 4 is 11.2 Å². The summed E-state index contributed by atoms with van der Waals surface area (Å²) in [5.41, 5.74) is 2.76. The normalized spacial score (nSPS) is 11.5. The number of imidazole rings is 1. The summed E-state index contributed by atoms with van der Waals surface area (Å²) in [7, 11) is 3.25. The number of methoxy groups -OCH3 is 1. The smallest absolute Gasteiger partial charge is 0.332 e. The second-order valence-electron chi connectivity index (χ2n) is 7.60. The average molecular weight is 422 g/mol. The lowest BCUT2D eigenvalue weighted by Gasteiger charge is -2.11. The number of aromatic nitrogens is 6. The van der Waals surface area contributed by atoms with Crippen molar-refractivity contribution in [2.75, 3.05) is 13.7 Å². The largest absolute Gasteiger partial charge is 0.383 e. The lowest BCUT2D eigenvalue weighted by atomic mass is 10.1. The van der Waals surface area contributed by atoms with Crippen molar-refractivity contribution in [3.63, 3.8) is 0 Å². The van der Waals surface area contributed by atoms with Crippen molar-refractivity contribution in [3.8, 4) is 5.95 Å². The molecule has 3 heterocycles. The SMILES string of the molecule is COCCn1c(-n2nc(C)cc2C)nc2c1c(=O)n(CCc1ccccc1)c(=O)n2C. The number of aryl methyl sites for hydroxylation is 4. The Labute approximate surface area is 179 Å². The molecule has 0 aliphatic heterocycles. The third kappa shape index (κ3) is 3.72. The van der Waals surface area contributed by atoms with Crippen LogP contribution >= 0.6 is 0 Å². The van der Waals surface area contributed by atoms with Gasteiger partial charge < -0.3 is 9.30 Å². The first kappa shape index (κ1) is 20.8. The van der Waals surface area contributed by atoms with Crippen LogP contribution in [0, 0.1) is 13.8 Å². The number of hydrogen-bond acceptors (Lipinski definition) is 5. The van der Waals surface area contributed by atoms with Crippen LogP contribution < -0.4 is 11.2 Å². The molecule has 31 heavy (non-hydrogen) atoms. The van der Waals surface area contributed by atoms with Gasteiger partial charge in [0.25, 0.3) is 5.56 Å². The van der Waals surface area contributed by atoms with Crippen LogP contribution in [0.15, 0.2) is 46.0 Å². The standard InChI is InChI=1S/C22H26N6O3/c1-15-14-16(2)28(24-15)21-23-19-18(26(21)12-13-31-4)20(29)27(22(30)25(19)3)11-10-17-8-6-5-7-9-17/h5-9,14H,10-13H2,1-4H3. The minimum atomic E-state index is -0.384. The molecule has 4 aromatic rings. The Morgan fingerprint density at radius 1 is 1.03 bits per heavy atom. The number of fused-ring (bicyclic) bond motifs is 1. The molecule has 0 aliphatic rings. The quantitative estimate of drug-likeness (QED) is 0.451. The Morgan fingerprint density at radius 2 is 1.77 bits per heavy atom. The number of ether oxygens (including phenoxy) is 1. The summed E-state index contributed by atoms with van der Waals surface area (Å²) in [6, 6.07) is 11.7. The molecule has 0 aliphatic carbocycles. The number of nitrogens with zero attached hydrogens (tertiary/aromatic N) is 6. The molecule has 0 unspecified atom stereocenters. The van der Waals surface area contributed by atoms with E-state index in [0.29, 0.717) is 36.7 Å². The highest BCUT2D eigenvalue weighted by molar-refractivity contribution is 5.72. The van der Waals surface area contributed by atoms with Crippen molar-refractivity contribution in [1.82, 2.24) is 28.5 Å². The van der Waals surface area contributed by atoms with Crippen LogP contribution in [-0.2, 0) is 31.3 Å². The highest BCUT2D eigenvalue weighted by atomic mass is 16.5. The van der Waals surface area contributed by atoms with Gasteiger partial charge in [-0.05, 0) is 31.9 Å². The van der Waals surface area contributed by atoms with E-state index in [1.165, 1.54) is 9.13 Å². The van der Waals surface area contributed by atoms with Crippen LogP contribution in [0.1, 0.15) is 17.0 Å². The molecule has 0 radical (unpaired) electrons. The third-order valence-electron chi connectivity index (χ3n) is 5.40. The molecule has 0 amide bonds. The molecule has 9 heteroatoms. The number of hydrogen-bond donors (Lipinski definition) is 0. The number of benzene rings is 1. The summed E-state index contributed by atoms with van der Waals surface area (Å²) in [5, 5.41) is 4.52. The minimum absolute atomic E-state index is 0.288. The molecule has 0 atom stereocenters. The molecule has 0 spiro atoms. The van der Waals surface area contributed by atoms with E-state index in [-0.39, 0.29) is 17.8 Å². The van der Waals surface area contributed by atoms with Crippen LogP contribution in [0.25, 0.3) is 17.1 Å². The molecule has 0 N–H and O–H groups in total. The Morgan fingerprint density at radius 3 is 2.42 bits per heavy atom. The van der Waals surface area contributed by atoms with Crippen molar-refractivity contribution in [1.29, 1.82) is 0 Å². The molecule has 3 aromatic heterocycles. The van der Waals surface area contributed by atoms with Gasteiger partial charge in [0.1, 0.15) is 0 Å². The van der Waals surface area contributed by atoms with Gasteiger partial charge in [-0.25, -0.2) is 9.48 Å². The zero-order chi connectivity index (χ0) is 22.1. The minimum Gasteiger partial charge on any atom is -0.383 e. The van der Waals surface area contributed by atoms with Crippen LogP contribution in [0.2, 0.25) is 0 Å². The van der Waals surface area contributed by atoms with E-state index in [0.717, 1.165) is 17.0 Å². The zero-order valence-electron chi connectivity index (χ0n) is 18.2. The lowest BCUT2D eigenvalue weighted by Crippen LogP contribution is -2.40. The average Bonchev–Trinajstić information content (AvgIpc) is 3.30. The van der Waals surface area contributed by atoms with E-state index >= 15 is 0 Å². The molecule has 1 aromatic carbocycles. The van der Waals surface area contributed by atoms with E-state index in [2.05, 4.69) is 10.1 Å². The molecule has 162 valence electrons. The maximum absolute atomic E-state index is 13.5. The Bertz CT molecular complexity index is 1340. The first-order chi connectivity index (χ1) is 14.9. The number of rotatable bonds is 7. The summed E-state index contributed by atoms with van der Waals surface area (Å²) >= 11 is 0. The zero-order valence-corrected chi connectivity index (χ0v) is 18.2. The Kier molecular flexibility index (Phi) is 5.60. The maximum Gasteiger partial charge on any atom is 0.332 e. The summed E-state index contributed by atoms with van der Waals surface area (Å²) < 4.78 is 11.5. The van der Waals surface area contributed by atoms with Crippen molar-refractivity contribution in [2.24, 2.45) is 7.05 Å². The van der Waals surface area contributed by atoms with Crippen LogP contribution in [0.5, 0.6) is 0 Å². The van der Waals surface area contributed by atoms with Crippen molar-refractivity contribution < 1.29 is 4.74 Å². The first-order valence-corrected chi connectivity index (χ1v) is 10.2. The molecule has 0 bridgehead atoms. The fraction of sp³-hybridized carbons (Fsp3) is 0.364. The molecular weight excluding hydrogens is 396 g/mol. The van der Waals surface area contributed by atoms with Crippen LogP contribution in [0.3, 0.4) is 0 Å². The molecule has 0 fully saturated rings. The van der Waals surface area contributed by atoms with Gasteiger partial charge in [-0.3, -0.25) is 13.9 Å². The predicted octanol–water partition coefficient (Wildman–Crippen LogP) is 1.59.